The monoisotopic (exact) mass is 320 g/mol. The van der Waals surface area contributed by atoms with E-state index in [0.717, 1.165) is 28.4 Å². The molecule has 0 aliphatic heterocycles. The molecule has 3 nitrogen and oxygen atoms in total. The maximum atomic E-state index is 11.8. The van der Waals surface area contributed by atoms with Crippen LogP contribution < -0.4 is 11.1 Å². The van der Waals surface area contributed by atoms with Crippen LogP contribution in [0.3, 0.4) is 0 Å². The van der Waals surface area contributed by atoms with Crippen LogP contribution in [0.25, 0.3) is 0 Å². The molecule has 0 aliphatic rings. The highest BCUT2D eigenvalue weighted by molar-refractivity contribution is 9.10. The van der Waals surface area contributed by atoms with Gasteiger partial charge in [0.2, 0.25) is 0 Å². The normalized spacial score (nSPS) is 9.59. The van der Waals surface area contributed by atoms with Gasteiger partial charge in [-0.3, -0.25) is 4.79 Å². The lowest BCUT2D eigenvalue weighted by molar-refractivity contribution is 0.0952. The lowest BCUT2D eigenvalue weighted by Gasteiger charge is -2.08. The zero-order valence-corrected chi connectivity index (χ0v) is 12.2. The summed E-state index contributed by atoms with van der Waals surface area (Å²) in [7, 11) is 0. The molecule has 5 heteroatoms. The van der Waals surface area contributed by atoms with Gasteiger partial charge >= 0.3 is 0 Å². The van der Waals surface area contributed by atoms with E-state index in [0.29, 0.717) is 13.1 Å². The van der Waals surface area contributed by atoms with Gasteiger partial charge in [-0.25, -0.2) is 0 Å². The van der Waals surface area contributed by atoms with E-state index in [1.54, 1.807) is 0 Å². The molecule has 0 saturated heterocycles. The highest BCUT2D eigenvalue weighted by Crippen LogP contribution is 2.19. The molecule has 17 heavy (non-hydrogen) atoms. The fraction of sp³-hybridized carbons (Fsp3) is 0.417. The Labute approximate surface area is 117 Å². The predicted octanol–water partition coefficient (Wildman–Crippen LogP) is 2.65. The van der Waals surface area contributed by atoms with E-state index < -0.39 is 0 Å². The zero-order valence-electron chi connectivity index (χ0n) is 9.83. The Kier molecular flexibility index (Phi) is 8.21. The van der Waals surface area contributed by atoms with E-state index in [-0.39, 0.29) is 18.3 Å². The highest BCUT2D eigenvalue weighted by Gasteiger charge is 2.09. The van der Waals surface area contributed by atoms with E-state index in [9.17, 15) is 4.79 Å². The first-order valence-electron chi connectivity index (χ1n) is 5.40. The second-order valence-electron chi connectivity index (χ2n) is 3.66. The molecule has 1 amide bonds. The number of amides is 1. The summed E-state index contributed by atoms with van der Waals surface area (Å²) in [6.45, 7) is 3.28. The molecule has 0 heterocycles. The molecule has 1 rings (SSSR count). The van der Waals surface area contributed by atoms with E-state index in [4.69, 9.17) is 5.73 Å². The van der Waals surface area contributed by atoms with Gasteiger partial charge in [-0.05, 0) is 44.0 Å². The number of hydrogen-bond donors (Lipinski definition) is 2. The summed E-state index contributed by atoms with van der Waals surface area (Å²) >= 11 is 3.41. The summed E-state index contributed by atoms with van der Waals surface area (Å²) in [6.07, 6.45) is 1.87. The average molecular weight is 322 g/mol. The molecule has 0 aliphatic carbocycles. The minimum absolute atomic E-state index is 0. The zero-order chi connectivity index (χ0) is 12.0. The number of carbonyl (C=O) groups excluding carboxylic acids is 1. The van der Waals surface area contributed by atoms with E-state index in [2.05, 4.69) is 21.2 Å². The van der Waals surface area contributed by atoms with E-state index >= 15 is 0 Å². The van der Waals surface area contributed by atoms with Gasteiger partial charge in [-0.15, -0.1) is 12.4 Å². The van der Waals surface area contributed by atoms with Crippen molar-refractivity contribution in [2.75, 3.05) is 13.1 Å². The first kappa shape index (κ1) is 16.4. The van der Waals surface area contributed by atoms with Crippen LogP contribution in [0.1, 0.15) is 28.8 Å². The number of carbonyl (C=O) groups is 1. The van der Waals surface area contributed by atoms with Crippen LogP contribution in [0.2, 0.25) is 0 Å². The van der Waals surface area contributed by atoms with Crippen LogP contribution in [0, 0.1) is 6.92 Å². The third-order valence-electron chi connectivity index (χ3n) is 2.43. The van der Waals surface area contributed by atoms with Crippen molar-refractivity contribution in [3.63, 3.8) is 0 Å². The van der Waals surface area contributed by atoms with Crippen molar-refractivity contribution in [2.24, 2.45) is 5.73 Å². The molecule has 1 aromatic carbocycles. The van der Waals surface area contributed by atoms with Crippen LogP contribution in [0.15, 0.2) is 22.7 Å². The molecule has 96 valence electrons. The second-order valence-corrected chi connectivity index (χ2v) is 4.52. The van der Waals surface area contributed by atoms with Crippen molar-refractivity contribution >= 4 is 34.2 Å². The second kappa shape index (κ2) is 8.50. The molecular weight excluding hydrogens is 304 g/mol. The number of halogens is 2. The Hall–Kier alpha value is -0.580. The van der Waals surface area contributed by atoms with Gasteiger partial charge in [-0.1, -0.05) is 22.0 Å². The minimum Gasteiger partial charge on any atom is -0.352 e. The lowest BCUT2D eigenvalue weighted by atomic mass is 10.1. The van der Waals surface area contributed by atoms with Gasteiger partial charge in [0.05, 0.1) is 0 Å². The summed E-state index contributed by atoms with van der Waals surface area (Å²) in [6, 6.07) is 5.63. The summed E-state index contributed by atoms with van der Waals surface area (Å²) in [5.41, 5.74) is 7.08. The van der Waals surface area contributed by atoms with Crippen molar-refractivity contribution < 1.29 is 4.79 Å². The Balaban J connectivity index is 0.00000256. The van der Waals surface area contributed by atoms with Crippen LogP contribution in [-0.4, -0.2) is 19.0 Å². The van der Waals surface area contributed by atoms with Gasteiger partial charge in [0.25, 0.3) is 5.91 Å². The maximum absolute atomic E-state index is 11.8. The van der Waals surface area contributed by atoms with Crippen LogP contribution in [0.5, 0.6) is 0 Å². The number of nitrogens with one attached hydrogen (secondary N) is 1. The molecule has 0 fully saturated rings. The summed E-state index contributed by atoms with van der Waals surface area (Å²) in [5, 5.41) is 2.89. The Morgan fingerprint density at radius 2 is 2.12 bits per heavy atom. The number of rotatable bonds is 5. The molecule has 0 aromatic heterocycles. The predicted molar refractivity (Wildman–Crippen MR) is 76.7 cm³/mol. The smallest absolute Gasteiger partial charge is 0.251 e. The van der Waals surface area contributed by atoms with Crippen LogP contribution in [-0.2, 0) is 0 Å². The van der Waals surface area contributed by atoms with Crippen molar-refractivity contribution in [3.8, 4) is 0 Å². The molecule has 0 bridgehead atoms. The van der Waals surface area contributed by atoms with Crippen molar-refractivity contribution in [3.05, 3.63) is 33.8 Å². The van der Waals surface area contributed by atoms with Crippen molar-refractivity contribution in [2.45, 2.75) is 19.8 Å². The van der Waals surface area contributed by atoms with E-state index in [1.165, 1.54) is 0 Å². The fourth-order valence-corrected chi connectivity index (χ4v) is 1.79. The standard InChI is InChI=1S/C12H17BrN2O.ClH/c1-9-10(5-4-6-11(9)13)12(16)15-8-3-2-7-14;/h4-6H,2-3,7-8,14H2,1H3,(H,15,16);1H. The van der Waals surface area contributed by atoms with Gasteiger partial charge in [0.1, 0.15) is 0 Å². The molecule has 0 spiro atoms. The SMILES string of the molecule is Cc1c(Br)cccc1C(=O)NCCCCN.Cl. The lowest BCUT2D eigenvalue weighted by Crippen LogP contribution is -2.25. The minimum atomic E-state index is -0.0178. The fourth-order valence-electron chi connectivity index (χ4n) is 1.42. The molecule has 0 atom stereocenters. The maximum Gasteiger partial charge on any atom is 0.251 e. The van der Waals surface area contributed by atoms with E-state index in [1.807, 2.05) is 25.1 Å². The van der Waals surface area contributed by atoms with Gasteiger partial charge in [-0.2, -0.15) is 0 Å². The van der Waals surface area contributed by atoms with Gasteiger partial charge < -0.3 is 11.1 Å². The first-order valence-corrected chi connectivity index (χ1v) is 6.19. The molecule has 0 radical (unpaired) electrons. The Morgan fingerprint density at radius 1 is 1.41 bits per heavy atom. The topological polar surface area (TPSA) is 55.1 Å². The Bertz CT molecular complexity index is 372. The Morgan fingerprint density at radius 3 is 2.76 bits per heavy atom. The van der Waals surface area contributed by atoms with Crippen molar-refractivity contribution in [1.82, 2.24) is 5.32 Å². The van der Waals surface area contributed by atoms with Gasteiger partial charge in [0.15, 0.2) is 0 Å². The number of benzene rings is 1. The third kappa shape index (κ3) is 5.06. The largest absolute Gasteiger partial charge is 0.352 e. The number of nitrogens with two attached hydrogens (primary N) is 1. The van der Waals surface area contributed by atoms with Crippen molar-refractivity contribution in [1.29, 1.82) is 0 Å². The number of unbranched alkanes of at least 4 members (excludes halogenated alkanes) is 1. The quantitative estimate of drug-likeness (QED) is 0.819. The molecule has 3 N–H and O–H groups in total. The molecular formula is C12H18BrClN2O. The van der Waals surface area contributed by atoms with Crippen LogP contribution in [0.4, 0.5) is 0 Å². The first-order chi connectivity index (χ1) is 7.66. The summed E-state index contributed by atoms with van der Waals surface area (Å²) in [5.74, 6) is -0.0178. The highest BCUT2D eigenvalue weighted by atomic mass is 79.9. The summed E-state index contributed by atoms with van der Waals surface area (Å²) < 4.78 is 0.960. The molecule has 1 aromatic rings. The third-order valence-corrected chi connectivity index (χ3v) is 3.29. The summed E-state index contributed by atoms with van der Waals surface area (Å²) in [4.78, 5) is 11.8. The van der Waals surface area contributed by atoms with Crippen LogP contribution >= 0.6 is 28.3 Å². The van der Waals surface area contributed by atoms with Gasteiger partial charge in [0, 0.05) is 16.6 Å². The number of hydrogen-bond acceptors (Lipinski definition) is 2. The molecule has 0 saturated carbocycles. The average Bonchev–Trinajstić information content (AvgIpc) is 2.28. The molecule has 0 unspecified atom stereocenters.